The maximum Gasteiger partial charge on any atom is 0.0478 e. The van der Waals surface area contributed by atoms with Crippen LogP contribution in [0.2, 0.25) is 0 Å². The van der Waals surface area contributed by atoms with Gasteiger partial charge in [0.1, 0.15) is 0 Å². The lowest BCUT2D eigenvalue weighted by Gasteiger charge is -2.22. The van der Waals surface area contributed by atoms with Crippen molar-refractivity contribution in [2.45, 2.75) is 77.2 Å². The minimum Gasteiger partial charge on any atom is -0.381 e. The summed E-state index contributed by atoms with van der Waals surface area (Å²) in [5.41, 5.74) is 0. The first-order valence-corrected chi connectivity index (χ1v) is 7.74. The Labute approximate surface area is 108 Å². The topological polar surface area (TPSA) is 21.3 Å². The summed E-state index contributed by atoms with van der Waals surface area (Å²) in [5, 5.41) is 3.65. The zero-order chi connectivity index (χ0) is 12.2. The van der Waals surface area contributed by atoms with Crippen molar-refractivity contribution in [3.63, 3.8) is 0 Å². The molecule has 0 aliphatic heterocycles. The number of hydrogen-bond donors (Lipinski definition) is 1. The average Bonchev–Trinajstić information content (AvgIpc) is 2.38. The fraction of sp³-hybridized carbons (Fsp3) is 1.00. The minimum atomic E-state index is 0.799. The highest BCUT2D eigenvalue weighted by molar-refractivity contribution is 4.71. The molecule has 0 aromatic rings. The van der Waals surface area contributed by atoms with Crippen molar-refractivity contribution in [3.8, 4) is 0 Å². The Hall–Kier alpha value is -0.0800. The van der Waals surface area contributed by atoms with Gasteiger partial charge in [0, 0.05) is 19.3 Å². The zero-order valence-corrected chi connectivity index (χ0v) is 11.7. The minimum absolute atomic E-state index is 0.799. The lowest BCUT2D eigenvalue weighted by atomic mass is 9.95. The quantitative estimate of drug-likeness (QED) is 0.586. The van der Waals surface area contributed by atoms with E-state index in [0.717, 1.165) is 25.8 Å². The van der Waals surface area contributed by atoms with Gasteiger partial charge in [-0.1, -0.05) is 45.4 Å². The lowest BCUT2D eigenvalue weighted by molar-refractivity contribution is 0.126. The molecular weight excluding hydrogens is 210 g/mol. The van der Waals surface area contributed by atoms with Gasteiger partial charge in [-0.3, -0.25) is 0 Å². The van der Waals surface area contributed by atoms with Gasteiger partial charge in [-0.05, 0) is 32.2 Å². The second kappa shape index (κ2) is 11.0. The summed E-state index contributed by atoms with van der Waals surface area (Å²) >= 11 is 0. The highest BCUT2D eigenvalue weighted by atomic mass is 16.5. The van der Waals surface area contributed by atoms with Gasteiger partial charge in [0.25, 0.3) is 0 Å². The van der Waals surface area contributed by atoms with Crippen LogP contribution in [0.1, 0.15) is 71.1 Å². The van der Waals surface area contributed by atoms with Crippen LogP contribution < -0.4 is 5.32 Å². The predicted octanol–water partition coefficient (Wildman–Crippen LogP) is 3.90. The highest BCUT2D eigenvalue weighted by Crippen LogP contribution is 2.17. The lowest BCUT2D eigenvalue weighted by Crippen LogP contribution is -2.32. The van der Waals surface area contributed by atoms with Crippen molar-refractivity contribution in [2.75, 3.05) is 19.8 Å². The molecule has 0 aromatic heterocycles. The zero-order valence-electron chi connectivity index (χ0n) is 11.7. The summed E-state index contributed by atoms with van der Waals surface area (Å²) in [7, 11) is 0. The molecule has 2 nitrogen and oxygen atoms in total. The molecule has 1 rings (SSSR count). The Balaban J connectivity index is 1.75. The summed E-state index contributed by atoms with van der Waals surface area (Å²) in [5.74, 6) is 0. The van der Waals surface area contributed by atoms with E-state index >= 15 is 0 Å². The first-order chi connectivity index (χ1) is 8.43. The van der Waals surface area contributed by atoms with Crippen molar-refractivity contribution in [3.05, 3.63) is 0 Å². The number of nitrogens with one attached hydrogen (secondary N) is 1. The molecule has 0 bridgehead atoms. The molecule has 0 radical (unpaired) electrons. The first-order valence-electron chi connectivity index (χ1n) is 7.74. The third-order valence-corrected chi connectivity index (χ3v) is 3.65. The molecule has 0 atom stereocenters. The van der Waals surface area contributed by atoms with Gasteiger partial charge in [0.15, 0.2) is 0 Å². The van der Waals surface area contributed by atoms with Crippen LogP contribution in [-0.4, -0.2) is 25.8 Å². The Kier molecular flexibility index (Phi) is 9.72. The van der Waals surface area contributed by atoms with Gasteiger partial charge in [-0.2, -0.15) is 0 Å². The largest absolute Gasteiger partial charge is 0.381 e. The molecular formula is C15H31NO. The van der Waals surface area contributed by atoms with E-state index in [1.54, 1.807) is 0 Å². The van der Waals surface area contributed by atoms with Crippen LogP contribution in [0, 0.1) is 0 Å². The van der Waals surface area contributed by atoms with E-state index in [9.17, 15) is 0 Å². The van der Waals surface area contributed by atoms with E-state index in [0.29, 0.717) is 0 Å². The van der Waals surface area contributed by atoms with E-state index in [4.69, 9.17) is 4.74 Å². The molecule has 0 saturated heterocycles. The second-order valence-corrected chi connectivity index (χ2v) is 5.32. The first kappa shape index (κ1) is 15.0. The van der Waals surface area contributed by atoms with Crippen LogP contribution in [0.25, 0.3) is 0 Å². The van der Waals surface area contributed by atoms with Gasteiger partial charge in [0.2, 0.25) is 0 Å². The van der Waals surface area contributed by atoms with Crippen molar-refractivity contribution < 1.29 is 4.74 Å². The van der Waals surface area contributed by atoms with Gasteiger partial charge >= 0.3 is 0 Å². The third kappa shape index (κ3) is 8.62. The van der Waals surface area contributed by atoms with E-state index in [1.165, 1.54) is 64.2 Å². The Morgan fingerprint density at radius 3 is 2.47 bits per heavy atom. The van der Waals surface area contributed by atoms with Gasteiger partial charge in [0.05, 0.1) is 0 Å². The Morgan fingerprint density at radius 1 is 0.941 bits per heavy atom. The second-order valence-electron chi connectivity index (χ2n) is 5.32. The molecule has 0 unspecified atom stereocenters. The molecule has 0 spiro atoms. The van der Waals surface area contributed by atoms with E-state index < -0.39 is 0 Å². The Bertz CT molecular complexity index is 155. The summed E-state index contributed by atoms with van der Waals surface area (Å²) in [6.07, 6.45) is 13.5. The number of ether oxygens (including phenoxy) is 1. The molecule has 1 fully saturated rings. The fourth-order valence-electron chi connectivity index (χ4n) is 2.52. The number of unbranched alkanes of at least 4 members (excludes halogenated alkanes) is 3. The molecule has 2 heteroatoms. The third-order valence-electron chi connectivity index (χ3n) is 3.65. The van der Waals surface area contributed by atoms with E-state index in [2.05, 4.69) is 12.2 Å². The van der Waals surface area contributed by atoms with Gasteiger partial charge in [-0.15, -0.1) is 0 Å². The van der Waals surface area contributed by atoms with Crippen LogP contribution in [0.4, 0.5) is 0 Å². The molecule has 0 heterocycles. The van der Waals surface area contributed by atoms with Crippen LogP contribution in [0.5, 0.6) is 0 Å². The van der Waals surface area contributed by atoms with Crippen molar-refractivity contribution in [1.82, 2.24) is 5.32 Å². The molecule has 1 aliphatic carbocycles. The molecule has 102 valence electrons. The molecule has 17 heavy (non-hydrogen) atoms. The molecule has 1 aliphatic rings. The van der Waals surface area contributed by atoms with E-state index in [-0.39, 0.29) is 0 Å². The van der Waals surface area contributed by atoms with Crippen LogP contribution in [0.15, 0.2) is 0 Å². The SMILES string of the molecule is CCCCCCOCCCNC1CCCCC1. The van der Waals surface area contributed by atoms with Crippen molar-refractivity contribution in [2.24, 2.45) is 0 Å². The van der Waals surface area contributed by atoms with Gasteiger partial charge in [-0.25, -0.2) is 0 Å². The number of rotatable bonds is 10. The van der Waals surface area contributed by atoms with Crippen LogP contribution in [-0.2, 0) is 4.74 Å². The average molecular weight is 241 g/mol. The maximum absolute atomic E-state index is 5.63. The molecule has 0 amide bonds. The summed E-state index contributed by atoms with van der Waals surface area (Å²) in [4.78, 5) is 0. The highest BCUT2D eigenvalue weighted by Gasteiger charge is 2.11. The number of hydrogen-bond acceptors (Lipinski definition) is 2. The van der Waals surface area contributed by atoms with Crippen molar-refractivity contribution >= 4 is 0 Å². The summed E-state index contributed by atoms with van der Waals surface area (Å²) in [6.45, 7) is 5.28. The van der Waals surface area contributed by atoms with E-state index in [1.807, 2.05) is 0 Å². The molecule has 1 saturated carbocycles. The van der Waals surface area contributed by atoms with Crippen LogP contribution >= 0.6 is 0 Å². The molecule has 1 N–H and O–H groups in total. The summed E-state index contributed by atoms with van der Waals surface area (Å²) in [6, 6.07) is 0.799. The van der Waals surface area contributed by atoms with Crippen molar-refractivity contribution in [1.29, 1.82) is 0 Å². The fourth-order valence-corrected chi connectivity index (χ4v) is 2.52. The monoisotopic (exact) mass is 241 g/mol. The molecule has 0 aromatic carbocycles. The summed E-state index contributed by atoms with van der Waals surface area (Å²) < 4.78 is 5.63. The smallest absolute Gasteiger partial charge is 0.0478 e. The normalized spacial score (nSPS) is 17.5. The Morgan fingerprint density at radius 2 is 1.71 bits per heavy atom. The maximum atomic E-state index is 5.63. The van der Waals surface area contributed by atoms with Crippen LogP contribution in [0.3, 0.4) is 0 Å². The van der Waals surface area contributed by atoms with Gasteiger partial charge < -0.3 is 10.1 Å². The predicted molar refractivity (Wildman–Crippen MR) is 74.5 cm³/mol. The standard InChI is InChI=1S/C15H31NO/c1-2-3-4-8-13-17-14-9-12-16-15-10-6-5-7-11-15/h15-16H,2-14H2,1H3.